The first-order valence-electron chi connectivity index (χ1n) is 9.35. The Morgan fingerprint density at radius 2 is 2.04 bits per heavy atom. The number of methoxy groups -OCH3 is 1. The van der Waals surface area contributed by atoms with E-state index in [2.05, 4.69) is 20.5 Å². The number of rotatable bonds is 10. The SMILES string of the molecule is CN=C(NCCCOCCOC)NCC1CCN(c2ccc(F)c(F)c2)C1.I. The average molecular weight is 512 g/mol. The molecule has 160 valence electrons. The van der Waals surface area contributed by atoms with Gasteiger partial charge in [0, 0.05) is 58.7 Å². The number of ether oxygens (including phenoxy) is 2. The van der Waals surface area contributed by atoms with Gasteiger partial charge in [-0.25, -0.2) is 8.78 Å². The number of nitrogens with one attached hydrogen (secondary N) is 2. The van der Waals surface area contributed by atoms with Crippen molar-refractivity contribution < 1.29 is 18.3 Å². The highest BCUT2D eigenvalue weighted by atomic mass is 127. The first-order chi connectivity index (χ1) is 13.1. The van der Waals surface area contributed by atoms with Crippen molar-refractivity contribution in [3.05, 3.63) is 29.8 Å². The van der Waals surface area contributed by atoms with Crippen molar-refractivity contribution in [3.8, 4) is 0 Å². The van der Waals surface area contributed by atoms with Crippen LogP contribution in [0.25, 0.3) is 0 Å². The molecule has 1 atom stereocenters. The van der Waals surface area contributed by atoms with Crippen LogP contribution >= 0.6 is 24.0 Å². The number of benzene rings is 1. The van der Waals surface area contributed by atoms with Crippen LogP contribution in [0, 0.1) is 17.6 Å². The van der Waals surface area contributed by atoms with E-state index in [1.165, 1.54) is 12.1 Å². The maximum absolute atomic E-state index is 13.4. The Labute approximate surface area is 183 Å². The van der Waals surface area contributed by atoms with Crippen molar-refractivity contribution in [2.45, 2.75) is 12.8 Å². The third-order valence-corrected chi connectivity index (χ3v) is 4.53. The maximum atomic E-state index is 13.4. The summed E-state index contributed by atoms with van der Waals surface area (Å²) in [6.07, 6.45) is 1.88. The van der Waals surface area contributed by atoms with Crippen molar-refractivity contribution in [1.29, 1.82) is 0 Å². The van der Waals surface area contributed by atoms with E-state index in [1.807, 2.05) is 0 Å². The zero-order valence-electron chi connectivity index (χ0n) is 16.5. The van der Waals surface area contributed by atoms with E-state index in [9.17, 15) is 8.78 Å². The summed E-state index contributed by atoms with van der Waals surface area (Å²) in [4.78, 5) is 6.31. The number of guanidine groups is 1. The van der Waals surface area contributed by atoms with Gasteiger partial charge in [0.1, 0.15) is 0 Å². The Morgan fingerprint density at radius 1 is 1.21 bits per heavy atom. The Balaban J connectivity index is 0.00000392. The van der Waals surface area contributed by atoms with Crippen LogP contribution in [-0.4, -0.2) is 66.1 Å². The third kappa shape index (κ3) is 8.44. The van der Waals surface area contributed by atoms with Crippen molar-refractivity contribution in [3.63, 3.8) is 0 Å². The number of hydrogen-bond donors (Lipinski definition) is 2. The van der Waals surface area contributed by atoms with E-state index in [0.29, 0.717) is 25.7 Å². The quantitative estimate of drug-likeness (QED) is 0.219. The van der Waals surface area contributed by atoms with Gasteiger partial charge >= 0.3 is 0 Å². The summed E-state index contributed by atoms with van der Waals surface area (Å²) in [5.41, 5.74) is 0.729. The molecule has 1 aromatic rings. The van der Waals surface area contributed by atoms with Crippen molar-refractivity contribution in [1.82, 2.24) is 10.6 Å². The van der Waals surface area contributed by atoms with Crippen LogP contribution in [0.15, 0.2) is 23.2 Å². The molecule has 1 aliphatic rings. The van der Waals surface area contributed by atoms with E-state index < -0.39 is 11.6 Å². The third-order valence-electron chi connectivity index (χ3n) is 4.53. The molecule has 28 heavy (non-hydrogen) atoms. The normalized spacial score (nSPS) is 16.8. The molecule has 1 unspecified atom stereocenters. The first kappa shape index (κ1) is 24.8. The van der Waals surface area contributed by atoms with E-state index in [4.69, 9.17) is 9.47 Å². The lowest BCUT2D eigenvalue weighted by atomic mass is 10.1. The molecule has 1 aromatic carbocycles. The Kier molecular flexibility index (Phi) is 12.3. The molecular formula is C19H31F2IN4O2. The van der Waals surface area contributed by atoms with Gasteiger partial charge in [0.25, 0.3) is 0 Å². The van der Waals surface area contributed by atoms with Gasteiger partial charge < -0.3 is 25.0 Å². The second kappa shape index (κ2) is 13.9. The van der Waals surface area contributed by atoms with Gasteiger partial charge in [-0.05, 0) is 30.9 Å². The monoisotopic (exact) mass is 512 g/mol. The molecule has 0 bridgehead atoms. The molecule has 1 saturated heterocycles. The molecule has 1 fully saturated rings. The van der Waals surface area contributed by atoms with Gasteiger partial charge in [0.2, 0.25) is 0 Å². The average Bonchev–Trinajstić information content (AvgIpc) is 3.14. The second-order valence-electron chi connectivity index (χ2n) is 6.54. The van der Waals surface area contributed by atoms with Gasteiger partial charge in [0.05, 0.1) is 13.2 Å². The topological polar surface area (TPSA) is 58.1 Å². The first-order valence-corrected chi connectivity index (χ1v) is 9.35. The zero-order chi connectivity index (χ0) is 19.5. The summed E-state index contributed by atoms with van der Waals surface area (Å²) in [5, 5.41) is 6.60. The number of nitrogens with zero attached hydrogens (tertiary/aromatic N) is 2. The number of hydrogen-bond acceptors (Lipinski definition) is 4. The maximum Gasteiger partial charge on any atom is 0.190 e. The molecular weight excluding hydrogens is 481 g/mol. The predicted molar refractivity (Wildman–Crippen MR) is 119 cm³/mol. The van der Waals surface area contributed by atoms with Gasteiger partial charge in [-0.15, -0.1) is 24.0 Å². The van der Waals surface area contributed by atoms with Gasteiger partial charge in [-0.3, -0.25) is 4.99 Å². The molecule has 2 N–H and O–H groups in total. The standard InChI is InChI=1S/C19H30F2N4O2.HI/c1-22-19(23-7-3-9-27-11-10-26-2)24-13-15-6-8-25(14-15)16-4-5-17(20)18(21)12-16;/h4-5,12,15H,3,6-11,13-14H2,1-2H3,(H2,22,23,24);1H. The summed E-state index contributed by atoms with van der Waals surface area (Å²) in [6, 6.07) is 4.07. The number of anilines is 1. The van der Waals surface area contributed by atoms with E-state index >= 15 is 0 Å². The molecule has 2 rings (SSSR count). The summed E-state index contributed by atoms with van der Waals surface area (Å²) in [6.45, 7) is 5.10. The van der Waals surface area contributed by atoms with E-state index in [-0.39, 0.29) is 24.0 Å². The lowest BCUT2D eigenvalue weighted by Crippen LogP contribution is -2.40. The predicted octanol–water partition coefficient (Wildman–Crippen LogP) is 2.63. The summed E-state index contributed by atoms with van der Waals surface area (Å²) < 4.78 is 36.8. The Hall–Kier alpha value is -1.20. The minimum absolute atomic E-state index is 0. The van der Waals surface area contributed by atoms with Crippen LogP contribution in [0.1, 0.15) is 12.8 Å². The van der Waals surface area contributed by atoms with E-state index in [0.717, 1.165) is 50.7 Å². The minimum atomic E-state index is -0.810. The van der Waals surface area contributed by atoms with Crippen molar-refractivity contribution in [2.75, 3.05) is 65.1 Å². The zero-order valence-corrected chi connectivity index (χ0v) is 18.9. The summed E-state index contributed by atoms with van der Waals surface area (Å²) in [5.74, 6) is -0.424. The van der Waals surface area contributed by atoms with Gasteiger partial charge in [-0.1, -0.05) is 0 Å². The van der Waals surface area contributed by atoms with Gasteiger partial charge in [-0.2, -0.15) is 0 Å². The molecule has 0 spiro atoms. The molecule has 1 heterocycles. The highest BCUT2D eigenvalue weighted by Crippen LogP contribution is 2.24. The molecule has 0 amide bonds. The number of halogens is 3. The van der Waals surface area contributed by atoms with Gasteiger partial charge in [0.15, 0.2) is 17.6 Å². The van der Waals surface area contributed by atoms with Crippen LogP contribution in [0.4, 0.5) is 14.5 Å². The minimum Gasteiger partial charge on any atom is -0.382 e. The molecule has 6 nitrogen and oxygen atoms in total. The van der Waals surface area contributed by atoms with Crippen molar-refractivity contribution in [2.24, 2.45) is 10.9 Å². The second-order valence-corrected chi connectivity index (χ2v) is 6.54. The fourth-order valence-corrected chi connectivity index (χ4v) is 3.00. The number of aliphatic imine (C=N–C) groups is 1. The molecule has 0 saturated carbocycles. The van der Waals surface area contributed by atoms with Crippen LogP contribution in [0.5, 0.6) is 0 Å². The molecule has 9 heteroatoms. The lowest BCUT2D eigenvalue weighted by Gasteiger charge is -2.19. The summed E-state index contributed by atoms with van der Waals surface area (Å²) >= 11 is 0. The Morgan fingerprint density at radius 3 is 2.75 bits per heavy atom. The smallest absolute Gasteiger partial charge is 0.190 e. The molecule has 0 aromatic heterocycles. The summed E-state index contributed by atoms with van der Waals surface area (Å²) in [7, 11) is 3.40. The van der Waals surface area contributed by atoms with Crippen LogP contribution in [0.3, 0.4) is 0 Å². The highest BCUT2D eigenvalue weighted by Gasteiger charge is 2.23. The highest BCUT2D eigenvalue weighted by molar-refractivity contribution is 14.0. The lowest BCUT2D eigenvalue weighted by molar-refractivity contribution is 0.0698. The largest absolute Gasteiger partial charge is 0.382 e. The molecule has 0 radical (unpaired) electrons. The fraction of sp³-hybridized carbons (Fsp3) is 0.632. The van der Waals surface area contributed by atoms with Crippen LogP contribution in [0.2, 0.25) is 0 Å². The van der Waals surface area contributed by atoms with Crippen LogP contribution < -0.4 is 15.5 Å². The Bertz CT molecular complexity index is 607. The van der Waals surface area contributed by atoms with Crippen LogP contribution in [-0.2, 0) is 9.47 Å². The fourth-order valence-electron chi connectivity index (χ4n) is 3.00. The van der Waals surface area contributed by atoms with Crippen molar-refractivity contribution >= 4 is 35.6 Å². The molecule has 1 aliphatic heterocycles. The van der Waals surface area contributed by atoms with E-state index in [1.54, 1.807) is 20.2 Å². The molecule has 0 aliphatic carbocycles.